The van der Waals surface area contributed by atoms with Gasteiger partial charge >= 0.3 is 12.0 Å². The fourth-order valence-corrected chi connectivity index (χ4v) is 1.67. The molecule has 2 atom stereocenters. The standard InChI is InChI=1S/C10H17N3O5/c1-10(2,8(11)17)12-9(18)13-4-5(14)3-6(13)7(15)16/h5-6,14H,3-4H2,1-2H3,(H2,11,17)(H,12,18)(H,15,16)/t5-,6+/m1/s1. The first-order valence-electron chi connectivity index (χ1n) is 5.44. The molecule has 0 aromatic carbocycles. The Labute approximate surface area is 104 Å². The summed E-state index contributed by atoms with van der Waals surface area (Å²) in [6, 6.07) is -1.83. The molecule has 0 unspecified atom stereocenters. The molecule has 1 fully saturated rings. The second-order valence-electron chi connectivity index (χ2n) is 4.82. The molecule has 0 bridgehead atoms. The number of aliphatic hydroxyl groups excluding tert-OH is 1. The number of aliphatic carboxylic acids is 1. The molecule has 102 valence electrons. The summed E-state index contributed by atoms with van der Waals surface area (Å²) in [6.45, 7) is 2.74. The van der Waals surface area contributed by atoms with Crippen LogP contribution in [0.4, 0.5) is 4.79 Å². The van der Waals surface area contributed by atoms with E-state index in [0.29, 0.717) is 0 Å². The molecule has 5 N–H and O–H groups in total. The summed E-state index contributed by atoms with van der Waals surface area (Å²) < 4.78 is 0. The van der Waals surface area contributed by atoms with Crippen LogP contribution in [0.5, 0.6) is 0 Å². The number of hydrogen-bond acceptors (Lipinski definition) is 4. The molecule has 1 rings (SSSR count). The number of nitrogens with two attached hydrogens (primary N) is 1. The van der Waals surface area contributed by atoms with E-state index in [1.54, 1.807) is 0 Å². The minimum absolute atomic E-state index is 0.0280. The average Bonchev–Trinajstić information content (AvgIpc) is 2.59. The maximum atomic E-state index is 11.9. The number of hydrogen-bond donors (Lipinski definition) is 4. The molecule has 0 aromatic heterocycles. The normalized spacial score (nSPS) is 23.8. The average molecular weight is 259 g/mol. The Bertz CT molecular complexity index is 382. The van der Waals surface area contributed by atoms with E-state index in [1.165, 1.54) is 13.8 Å². The smallest absolute Gasteiger partial charge is 0.326 e. The van der Waals surface area contributed by atoms with E-state index >= 15 is 0 Å². The molecule has 3 amide bonds. The summed E-state index contributed by atoms with van der Waals surface area (Å²) in [7, 11) is 0. The van der Waals surface area contributed by atoms with Crippen LogP contribution in [0.3, 0.4) is 0 Å². The van der Waals surface area contributed by atoms with Gasteiger partial charge in [0.2, 0.25) is 5.91 Å². The Kier molecular flexibility index (Phi) is 3.80. The monoisotopic (exact) mass is 259 g/mol. The molecule has 1 heterocycles. The number of carbonyl (C=O) groups excluding carboxylic acids is 2. The van der Waals surface area contributed by atoms with Gasteiger partial charge in [0, 0.05) is 13.0 Å². The first-order chi connectivity index (χ1) is 8.15. The molecular formula is C10H17N3O5. The van der Waals surface area contributed by atoms with Crippen molar-refractivity contribution in [3.05, 3.63) is 0 Å². The second kappa shape index (κ2) is 4.81. The van der Waals surface area contributed by atoms with Gasteiger partial charge in [0.1, 0.15) is 11.6 Å². The molecule has 8 heteroatoms. The van der Waals surface area contributed by atoms with E-state index in [-0.39, 0.29) is 13.0 Å². The van der Waals surface area contributed by atoms with Crippen molar-refractivity contribution in [1.29, 1.82) is 0 Å². The number of rotatable bonds is 3. The van der Waals surface area contributed by atoms with Crippen LogP contribution in [-0.2, 0) is 9.59 Å². The summed E-state index contributed by atoms with van der Waals surface area (Å²) in [6.07, 6.45) is -0.909. The summed E-state index contributed by atoms with van der Waals surface area (Å²) in [5, 5.41) is 20.7. The number of β-amino-alcohol motifs (C(OH)–C–C–N with tert-alkyl or cyclic N) is 1. The Balaban J connectivity index is 2.78. The molecule has 8 nitrogen and oxygen atoms in total. The van der Waals surface area contributed by atoms with Crippen LogP contribution in [0.15, 0.2) is 0 Å². The quantitative estimate of drug-likeness (QED) is 0.488. The number of primary amides is 1. The minimum atomic E-state index is -1.28. The number of nitrogens with zero attached hydrogens (tertiary/aromatic N) is 1. The van der Waals surface area contributed by atoms with E-state index in [1.807, 2.05) is 0 Å². The van der Waals surface area contributed by atoms with Crippen LogP contribution < -0.4 is 11.1 Å². The molecule has 0 radical (unpaired) electrons. The molecule has 0 saturated carbocycles. The molecule has 0 aliphatic carbocycles. The molecule has 1 saturated heterocycles. The SMILES string of the molecule is CC(C)(NC(=O)N1C[C@H](O)C[C@H]1C(=O)O)C(N)=O. The van der Waals surface area contributed by atoms with E-state index in [2.05, 4.69) is 5.32 Å². The van der Waals surface area contributed by atoms with Gasteiger partial charge in [-0.1, -0.05) is 0 Å². The molecular weight excluding hydrogens is 242 g/mol. The first kappa shape index (κ1) is 14.2. The van der Waals surface area contributed by atoms with Crippen molar-refractivity contribution in [1.82, 2.24) is 10.2 Å². The number of likely N-dealkylation sites (tertiary alicyclic amines) is 1. The third-order valence-corrected chi connectivity index (χ3v) is 2.86. The van der Waals surface area contributed by atoms with Gasteiger partial charge in [0.25, 0.3) is 0 Å². The lowest BCUT2D eigenvalue weighted by Crippen LogP contribution is -2.58. The fraction of sp³-hybridized carbons (Fsp3) is 0.700. The van der Waals surface area contributed by atoms with E-state index in [9.17, 15) is 19.5 Å². The maximum absolute atomic E-state index is 11.9. The highest BCUT2D eigenvalue weighted by Crippen LogP contribution is 2.19. The van der Waals surface area contributed by atoms with Gasteiger partial charge in [-0.25, -0.2) is 9.59 Å². The van der Waals surface area contributed by atoms with Gasteiger partial charge in [-0.3, -0.25) is 4.79 Å². The van der Waals surface area contributed by atoms with Gasteiger partial charge in [-0.2, -0.15) is 0 Å². The Morgan fingerprint density at radius 2 is 1.94 bits per heavy atom. The molecule has 1 aliphatic rings. The molecule has 18 heavy (non-hydrogen) atoms. The Hall–Kier alpha value is -1.83. The van der Waals surface area contributed by atoms with Crippen LogP contribution in [-0.4, -0.2) is 57.3 Å². The lowest BCUT2D eigenvalue weighted by molar-refractivity contribution is -0.141. The molecule has 1 aliphatic heterocycles. The van der Waals surface area contributed by atoms with Gasteiger partial charge in [0.05, 0.1) is 6.10 Å². The second-order valence-corrected chi connectivity index (χ2v) is 4.82. The lowest BCUT2D eigenvalue weighted by Gasteiger charge is -2.28. The topological polar surface area (TPSA) is 133 Å². The van der Waals surface area contributed by atoms with Gasteiger partial charge < -0.3 is 26.2 Å². The van der Waals surface area contributed by atoms with Gasteiger partial charge in [0.15, 0.2) is 0 Å². The zero-order valence-corrected chi connectivity index (χ0v) is 10.2. The van der Waals surface area contributed by atoms with Crippen LogP contribution in [0.1, 0.15) is 20.3 Å². The number of amides is 3. The number of carboxylic acids is 1. The fourth-order valence-electron chi connectivity index (χ4n) is 1.67. The number of carboxylic acid groups (broad SMARTS) is 1. The molecule has 0 aromatic rings. The third kappa shape index (κ3) is 2.89. The first-order valence-corrected chi connectivity index (χ1v) is 5.44. The number of aliphatic hydroxyl groups is 1. The maximum Gasteiger partial charge on any atom is 0.326 e. The summed E-state index contributed by atoms with van der Waals surface area (Å²) in [4.78, 5) is 34.9. The highest BCUT2D eigenvalue weighted by Gasteiger charge is 2.41. The van der Waals surface area contributed by atoms with E-state index in [0.717, 1.165) is 4.90 Å². The van der Waals surface area contributed by atoms with Gasteiger partial charge in [-0.05, 0) is 13.8 Å². The van der Waals surface area contributed by atoms with Crippen molar-refractivity contribution in [3.63, 3.8) is 0 Å². The summed E-state index contributed by atoms with van der Waals surface area (Å²) >= 11 is 0. The van der Waals surface area contributed by atoms with Crippen LogP contribution in [0.25, 0.3) is 0 Å². The minimum Gasteiger partial charge on any atom is -0.480 e. The highest BCUT2D eigenvalue weighted by molar-refractivity contribution is 5.90. The zero-order chi connectivity index (χ0) is 14.1. The zero-order valence-electron chi connectivity index (χ0n) is 10.2. The summed E-state index contributed by atoms with van der Waals surface area (Å²) in [5.41, 5.74) is 3.82. The molecule has 0 spiro atoms. The number of carbonyl (C=O) groups is 3. The van der Waals surface area contributed by atoms with Crippen LogP contribution in [0, 0.1) is 0 Å². The summed E-state index contributed by atoms with van der Waals surface area (Å²) in [5.74, 6) is -1.93. The predicted octanol–water partition coefficient (Wildman–Crippen LogP) is -1.52. The lowest BCUT2D eigenvalue weighted by atomic mass is 10.1. The van der Waals surface area contributed by atoms with Crippen LogP contribution >= 0.6 is 0 Å². The highest BCUT2D eigenvalue weighted by atomic mass is 16.4. The number of urea groups is 1. The van der Waals surface area contributed by atoms with Crippen LogP contribution in [0.2, 0.25) is 0 Å². The van der Waals surface area contributed by atoms with Crippen molar-refractivity contribution in [2.24, 2.45) is 5.73 Å². The largest absolute Gasteiger partial charge is 0.480 e. The van der Waals surface area contributed by atoms with Crippen molar-refractivity contribution >= 4 is 17.9 Å². The van der Waals surface area contributed by atoms with Gasteiger partial charge in [-0.15, -0.1) is 0 Å². The van der Waals surface area contributed by atoms with Crippen molar-refractivity contribution in [2.45, 2.75) is 38.0 Å². The Morgan fingerprint density at radius 3 is 2.39 bits per heavy atom. The predicted molar refractivity (Wildman–Crippen MR) is 60.6 cm³/mol. The Morgan fingerprint density at radius 1 is 1.39 bits per heavy atom. The third-order valence-electron chi connectivity index (χ3n) is 2.86. The van der Waals surface area contributed by atoms with E-state index in [4.69, 9.17) is 10.8 Å². The van der Waals surface area contributed by atoms with Crippen molar-refractivity contribution in [2.75, 3.05) is 6.54 Å². The van der Waals surface area contributed by atoms with E-state index < -0.39 is 35.6 Å². The van der Waals surface area contributed by atoms with Crippen molar-refractivity contribution in [3.8, 4) is 0 Å². The number of nitrogens with one attached hydrogen (secondary N) is 1. The van der Waals surface area contributed by atoms with Crippen molar-refractivity contribution < 1.29 is 24.6 Å².